The highest BCUT2D eigenvalue weighted by Gasteiger charge is 2.26. The second-order valence-corrected chi connectivity index (χ2v) is 11.6. The van der Waals surface area contributed by atoms with E-state index in [9.17, 15) is 14.4 Å². The topological polar surface area (TPSA) is 95.7 Å². The van der Waals surface area contributed by atoms with E-state index in [4.69, 9.17) is 15.2 Å². The van der Waals surface area contributed by atoms with E-state index < -0.39 is 5.60 Å². The van der Waals surface area contributed by atoms with E-state index in [0.29, 0.717) is 6.42 Å². The summed E-state index contributed by atoms with van der Waals surface area (Å²) in [4.78, 5) is 34.7. The number of Topliss-reactive ketones (excluding diaryl/α,β-unsaturated/α-hetero) is 1. The van der Waals surface area contributed by atoms with E-state index in [1.54, 1.807) is 6.92 Å². The summed E-state index contributed by atoms with van der Waals surface area (Å²) >= 11 is 3.60. The molecule has 1 saturated carbocycles. The minimum atomic E-state index is -0.465. The van der Waals surface area contributed by atoms with Gasteiger partial charge in [0.2, 0.25) is 5.91 Å². The van der Waals surface area contributed by atoms with Gasteiger partial charge in [-0.3, -0.25) is 14.4 Å². The van der Waals surface area contributed by atoms with Crippen molar-refractivity contribution in [3.05, 3.63) is 27.7 Å². The zero-order valence-electron chi connectivity index (χ0n) is 23.2. The molecular weight excluding hydrogens is 522 g/mol. The molecule has 2 rings (SSSR count). The van der Waals surface area contributed by atoms with Crippen molar-refractivity contribution in [2.24, 2.45) is 17.6 Å². The second-order valence-electron chi connectivity index (χ2n) is 10.7. The zero-order valence-corrected chi connectivity index (χ0v) is 24.8. The van der Waals surface area contributed by atoms with Gasteiger partial charge in [-0.1, -0.05) is 40.2 Å². The van der Waals surface area contributed by atoms with Crippen molar-refractivity contribution in [3.8, 4) is 5.75 Å². The van der Waals surface area contributed by atoms with Gasteiger partial charge in [0.05, 0.1) is 16.1 Å². The largest absolute Gasteiger partial charge is 0.488 e. The lowest BCUT2D eigenvalue weighted by Gasteiger charge is -2.26. The van der Waals surface area contributed by atoms with Crippen LogP contribution < -0.4 is 10.5 Å². The number of carbonyl (C=O) groups excluding carboxylic acids is 3. The summed E-state index contributed by atoms with van der Waals surface area (Å²) in [6, 6.07) is 4.07. The summed E-state index contributed by atoms with van der Waals surface area (Å²) in [6.45, 7) is 13.3. The highest BCUT2D eigenvalue weighted by atomic mass is 79.9. The molecular formula is C29H46BrNO5. The normalized spacial score (nSPS) is 15.8. The lowest BCUT2D eigenvalue weighted by atomic mass is 9.91. The number of hydrogen-bond acceptors (Lipinski definition) is 5. The van der Waals surface area contributed by atoms with Crippen LogP contribution >= 0.6 is 15.9 Å². The summed E-state index contributed by atoms with van der Waals surface area (Å²) in [5, 5.41) is 0. The van der Waals surface area contributed by atoms with Gasteiger partial charge in [0.1, 0.15) is 11.4 Å². The predicted molar refractivity (Wildman–Crippen MR) is 148 cm³/mol. The Bertz CT molecular complexity index is 871. The molecule has 36 heavy (non-hydrogen) atoms. The number of halogens is 1. The molecule has 0 spiro atoms. The number of amides is 1. The second kappa shape index (κ2) is 15.4. The van der Waals surface area contributed by atoms with E-state index >= 15 is 0 Å². The smallest absolute Gasteiger partial charge is 0.306 e. The van der Waals surface area contributed by atoms with Gasteiger partial charge in [-0.25, -0.2) is 0 Å². The van der Waals surface area contributed by atoms with Gasteiger partial charge in [0.15, 0.2) is 5.78 Å². The molecule has 0 bridgehead atoms. The van der Waals surface area contributed by atoms with Crippen LogP contribution in [-0.2, 0) is 20.7 Å². The van der Waals surface area contributed by atoms with E-state index in [2.05, 4.69) is 29.8 Å². The van der Waals surface area contributed by atoms with Gasteiger partial charge >= 0.3 is 5.97 Å². The van der Waals surface area contributed by atoms with E-state index in [1.165, 1.54) is 19.3 Å². The summed E-state index contributed by atoms with van der Waals surface area (Å²) in [5.41, 5.74) is 6.49. The first-order valence-electron chi connectivity index (χ1n) is 13.3. The first-order chi connectivity index (χ1) is 16.8. The fourth-order valence-electron chi connectivity index (χ4n) is 3.93. The SMILES string of the molecule is CC(CCC(=O)OC(C)(C)C)C(N)=O.CCc1ccc(Br)c(OC2CCCCC2)c1C(=O)C(C)CC. The van der Waals surface area contributed by atoms with Crippen molar-refractivity contribution in [2.45, 2.75) is 118 Å². The number of primary amides is 1. The maximum absolute atomic E-state index is 12.9. The molecule has 0 radical (unpaired) electrons. The summed E-state index contributed by atoms with van der Waals surface area (Å²) < 4.78 is 12.3. The zero-order chi connectivity index (χ0) is 27.5. The Morgan fingerprint density at radius 2 is 1.67 bits per heavy atom. The third kappa shape index (κ3) is 11.0. The number of benzene rings is 1. The quantitative estimate of drug-likeness (QED) is 0.238. The standard InChI is InChI=1S/C19H27BrO2.C10H19NO3/c1-4-13(3)18(21)17-14(5-2)11-12-16(20)19(17)22-15-9-7-6-8-10-15;1-7(9(11)13)5-6-8(12)14-10(2,3)4/h11-13,15H,4-10H2,1-3H3;7H,5-6H2,1-4H3,(H2,11,13). The van der Waals surface area contributed by atoms with Crippen LogP contribution in [-0.4, -0.2) is 29.4 Å². The first kappa shape index (κ1) is 32.1. The highest BCUT2D eigenvalue weighted by molar-refractivity contribution is 9.10. The van der Waals surface area contributed by atoms with Gasteiger partial charge in [0.25, 0.3) is 0 Å². The summed E-state index contributed by atoms with van der Waals surface area (Å²) in [6.07, 6.45) is 8.60. The number of rotatable bonds is 10. The van der Waals surface area contributed by atoms with Gasteiger partial charge in [0, 0.05) is 18.3 Å². The van der Waals surface area contributed by atoms with E-state index in [1.807, 2.05) is 39.8 Å². The molecule has 0 saturated heterocycles. The van der Waals surface area contributed by atoms with Crippen LogP contribution in [0.1, 0.15) is 116 Å². The fraction of sp³-hybridized carbons (Fsp3) is 0.690. The predicted octanol–water partition coefficient (Wildman–Crippen LogP) is 7.18. The number of ketones is 1. The number of ether oxygens (including phenoxy) is 2. The maximum Gasteiger partial charge on any atom is 0.306 e. The molecule has 2 atom stereocenters. The Labute approximate surface area is 226 Å². The van der Waals surface area contributed by atoms with Gasteiger partial charge < -0.3 is 15.2 Å². The molecule has 2 N–H and O–H groups in total. The number of esters is 1. The molecule has 204 valence electrons. The number of nitrogens with two attached hydrogens (primary N) is 1. The first-order valence-corrected chi connectivity index (χ1v) is 14.1. The van der Waals surface area contributed by atoms with Crippen LogP contribution in [0.4, 0.5) is 0 Å². The average Bonchev–Trinajstić information content (AvgIpc) is 2.82. The fourth-order valence-corrected chi connectivity index (χ4v) is 4.35. The van der Waals surface area contributed by atoms with E-state index in [-0.39, 0.29) is 42.0 Å². The third-order valence-electron chi connectivity index (χ3n) is 6.41. The lowest BCUT2D eigenvalue weighted by Crippen LogP contribution is -2.25. The third-order valence-corrected chi connectivity index (χ3v) is 7.03. The van der Waals surface area contributed by atoms with Crippen LogP contribution in [0.5, 0.6) is 5.75 Å². The molecule has 0 aliphatic heterocycles. The molecule has 0 heterocycles. The molecule has 6 nitrogen and oxygen atoms in total. The molecule has 1 aromatic carbocycles. The van der Waals surface area contributed by atoms with Crippen LogP contribution in [0.25, 0.3) is 0 Å². The van der Waals surface area contributed by atoms with E-state index in [0.717, 1.165) is 47.0 Å². The molecule has 2 unspecified atom stereocenters. The van der Waals surface area contributed by atoms with Crippen molar-refractivity contribution in [1.29, 1.82) is 0 Å². The van der Waals surface area contributed by atoms with Crippen molar-refractivity contribution >= 4 is 33.6 Å². The number of aryl methyl sites for hydroxylation is 1. The van der Waals surface area contributed by atoms with Gasteiger partial charge in [-0.05, 0) is 93.3 Å². The molecule has 1 aliphatic rings. The summed E-state index contributed by atoms with van der Waals surface area (Å²) in [7, 11) is 0. The maximum atomic E-state index is 12.9. The van der Waals surface area contributed by atoms with Crippen LogP contribution in [0.3, 0.4) is 0 Å². The minimum Gasteiger partial charge on any atom is -0.488 e. The molecule has 7 heteroatoms. The average molecular weight is 569 g/mol. The van der Waals surface area contributed by atoms with Crippen LogP contribution in [0.15, 0.2) is 16.6 Å². The molecule has 1 aliphatic carbocycles. The van der Waals surface area contributed by atoms with Crippen LogP contribution in [0.2, 0.25) is 0 Å². The van der Waals surface area contributed by atoms with Crippen molar-refractivity contribution in [1.82, 2.24) is 0 Å². The summed E-state index contributed by atoms with van der Waals surface area (Å²) in [5.74, 6) is 0.0815. The van der Waals surface area contributed by atoms with Crippen LogP contribution in [0, 0.1) is 11.8 Å². The molecule has 1 aromatic rings. The lowest BCUT2D eigenvalue weighted by molar-refractivity contribution is -0.155. The Kier molecular flexibility index (Phi) is 13.7. The molecule has 1 amide bonds. The van der Waals surface area contributed by atoms with Crippen molar-refractivity contribution < 1.29 is 23.9 Å². The van der Waals surface area contributed by atoms with Crippen molar-refractivity contribution in [3.63, 3.8) is 0 Å². The van der Waals surface area contributed by atoms with Gasteiger partial charge in [-0.2, -0.15) is 0 Å². The highest BCUT2D eigenvalue weighted by Crippen LogP contribution is 2.36. The minimum absolute atomic E-state index is 0.0355. The molecule has 0 aromatic heterocycles. The monoisotopic (exact) mass is 567 g/mol. The Morgan fingerprint density at radius 3 is 2.17 bits per heavy atom. The number of carbonyl (C=O) groups is 3. The van der Waals surface area contributed by atoms with Crippen molar-refractivity contribution in [2.75, 3.05) is 0 Å². The molecule has 1 fully saturated rings. The Hall–Kier alpha value is -1.89. The number of hydrogen-bond donors (Lipinski definition) is 1. The Balaban J connectivity index is 0.000000402. The van der Waals surface area contributed by atoms with Gasteiger partial charge in [-0.15, -0.1) is 0 Å². The Morgan fingerprint density at radius 1 is 1.06 bits per heavy atom.